The number of carbonyl (C=O) groups excluding carboxylic acids is 4. The minimum atomic E-state index is -1.03. The number of benzene rings is 1. The Bertz CT molecular complexity index is 1150. The van der Waals surface area contributed by atoms with Gasteiger partial charge in [0, 0.05) is 52.5 Å². The Morgan fingerprint density at radius 2 is 1.66 bits per heavy atom. The molecule has 1 aliphatic heterocycles. The van der Waals surface area contributed by atoms with Gasteiger partial charge < -0.3 is 25.0 Å². The molecule has 0 radical (unpaired) electrons. The molecule has 9 nitrogen and oxygen atoms in total. The summed E-state index contributed by atoms with van der Waals surface area (Å²) in [5.74, 6) is -1.15. The van der Waals surface area contributed by atoms with Gasteiger partial charge in [-0.1, -0.05) is 71.4 Å². The minimum absolute atomic E-state index is 0.0331. The van der Waals surface area contributed by atoms with E-state index in [0.717, 1.165) is 32.1 Å². The summed E-state index contributed by atoms with van der Waals surface area (Å²) in [5.41, 5.74) is 6.26. The number of nitrogens with two attached hydrogens (primary N) is 1. The summed E-state index contributed by atoms with van der Waals surface area (Å²) in [4.78, 5) is 57.7. The Labute approximate surface area is 284 Å². The summed E-state index contributed by atoms with van der Waals surface area (Å²) >= 11 is 0. The van der Waals surface area contributed by atoms with E-state index in [9.17, 15) is 19.2 Å². The molecule has 1 aromatic carbocycles. The summed E-state index contributed by atoms with van der Waals surface area (Å²) in [6.07, 6.45) is 3.64. The van der Waals surface area contributed by atoms with E-state index in [1.165, 1.54) is 5.56 Å². The number of nitrogens with zero attached hydrogens (tertiary/aromatic N) is 2. The van der Waals surface area contributed by atoms with Crippen molar-refractivity contribution in [3.05, 3.63) is 35.9 Å². The molecule has 0 aliphatic carbocycles. The SMILES string of the molecule is CC[C@H](C)[C@@H]([C@@H](CC(=O)N1CCC[C@H]1[C@H](OC)[C@@H](C)C(=O)CCCc1ccccc1)OC)N(C)C(=O)[C@@H](CC(=O)C(C)(C)N)C(C)C. The molecule has 47 heavy (non-hydrogen) atoms. The van der Waals surface area contributed by atoms with Crippen molar-refractivity contribution < 1.29 is 28.7 Å². The van der Waals surface area contributed by atoms with Gasteiger partial charge in [0.2, 0.25) is 11.8 Å². The average molecular weight is 658 g/mol. The van der Waals surface area contributed by atoms with Crippen LogP contribution in [0.3, 0.4) is 0 Å². The van der Waals surface area contributed by atoms with Crippen LogP contribution < -0.4 is 5.73 Å². The van der Waals surface area contributed by atoms with E-state index >= 15 is 0 Å². The van der Waals surface area contributed by atoms with E-state index in [-0.39, 0.29) is 66.1 Å². The number of likely N-dealkylation sites (N-methyl/N-ethyl adjacent to an activating group) is 1. The van der Waals surface area contributed by atoms with Crippen LogP contribution in [0.25, 0.3) is 0 Å². The van der Waals surface area contributed by atoms with Crippen molar-refractivity contribution in [2.45, 2.75) is 130 Å². The van der Waals surface area contributed by atoms with Crippen LogP contribution in [-0.2, 0) is 35.1 Å². The predicted octanol–water partition coefficient (Wildman–Crippen LogP) is 5.47. The Hall–Kier alpha value is -2.62. The van der Waals surface area contributed by atoms with Crippen molar-refractivity contribution >= 4 is 23.4 Å². The van der Waals surface area contributed by atoms with Crippen LogP contribution in [0.1, 0.15) is 99.0 Å². The standard InChI is InChI=1S/C38H63N3O6/c1-11-26(4)35(40(8)37(45)29(25(2)3)23-33(43)38(6,7)39)32(46-9)24-34(44)41-22-16-20-30(41)36(47-10)27(5)31(42)21-15-19-28-17-13-12-14-18-28/h12-14,17-18,25-27,29-30,32,35-36H,11,15-16,19-24,39H2,1-10H3/t26-,27-,29-,30-,32+,35-,36+/m0/s1. The summed E-state index contributed by atoms with van der Waals surface area (Å²) in [5, 5.41) is 0. The molecule has 1 fully saturated rings. The quantitative estimate of drug-likeness (QED) is 0.198. The molecule has 9 heteroatoms. The first-order valence-electron chi connectivity index (χ1n) is 17.6. The van der Waals surface area contributed by atoms with Gasteiger partial charge >= 0.3 is 0 Å². The van der Waals surface area contributed by atoms with E-state index in [1.807, 2.05) is 43.9 Å². The number of methoxy groups -OCH3 is 2. The van der Waals surface area contributed by atoms with Gasteiger partial charge in [-0.05, 0) is 56.9 Å². The van der Waals surface area contributed by atoms with Gasteiger partial charge in [0.1, 0.15) is 5.78 Å². The topological polar surface area (TPSA) is 119 Å². The van der Waals surface area contributed by atoms with Crippen molar-refractivity contribution in [3.63, 3.8) is 0 Å². The molecule has 2 N–H and O–H groups in total. The van der Waals surface area contributed by atoms with Crippen molar-refractivity contribution in [3.8, 4) is 0 Å². The lowest BCUT2D eigenvalue weighted by molar-refractivity contribution is -0.149. The highest BCUT2D eigenvalue weighted by atomic mass is 16.5. The number of amides is 2. The number of hydrogen-bond donors (Lipinski definition) is 1. The maximum absolute atomic E-state index is 14.0. The number of rotatable bonds is 20. The lowest BCUT2D eigenvalue weighted by Gasteiger charge is -2.41. The first kappa shape index (κ1) is 40.6. The molecule has 1 aliphatic rings. The molecule has 2 amide bonds. The van der Waals surface area contributed by atoms with E-state index in [4.69, 9.17) is 15.2 Å². The fraction of sp³-hybridized carbons (Fsp3) is 0.737. The smallest absolute Gasteiger partial charge is 0.226 e. The van der Waals surface area contributed by atoms with E-state index in [0.29, 0.717) is 13.0 Å². The van der Waals surface area contributed by atoms with Crippen LogP contribution in [0.15, 0.2) is 30.3 Å². The third kappa shape index (κ3) is 11.2. The Morgan fingerprint density at radius 1 is 1.02 bits per heavy atom. The van der Waals surface area contributed by atoms with Crippen molar-refractivity contribution in [1.29, 1.82) is 0 Å². The molecule has 0 saturated carbocycles. The number of likely N-dealkylation sites (tertiary alicyclic amines) is 1. The Kier molecular flexibility index (Phi) is 16.2. The van der Waals surface area contributed by atoms with Crippen LogP contribution in [-0.4, -0.2) is 90.8 Å². The average Bonchev–Trinajstić information content (AvgIpc) is 3.52. The van der Waals surface area contributed by atoms with Crippen LogP contribution in [0.2, 0.25) is 0 Å². The molecule has 1 saturated heterocycles. The monoisotopic (exact) mass is 657 g/mol. The number of hydrogen-bond acceptors (Lipinski definition) is 7. The van der Waals surface area contributed by atoms with Crippen LogP contribution >= 0.6 is 0 Å². The van der Waals surface area contributed by atoms with E-state index in [2.05, 4.69) is 26.0 Å². The third-order valence-electron chi connectivity index (χ3n) is 10.3. The lowest BCUT2D eigenvalue weighted by atomic mass is 9.83. The zero-order chi connectivity index (χ0) is 35.5. The molecule has 1 heterocycles. The second-order valence-corrected chi connectivity index (χ2v) is 14.6. The number of carbonyl (C=O) groups is 4. The van der Waals surface area contributed by atoms with Crippen LogP contribution in [0.4, 0.5) is 0 Å². The number of ether oxygens (including phenoxy) is 2. The molecule has 0 spiro atoms. The fourth-order valence-electron chi connectivity index (χ4n) is 7.01. The predicted molar refractivity (Wildman–Crippen MR) is 187 cm³/mol. The first-order valence-corrected chi connectivity index (χ1v) is 17.6. The molecule has 1 aromatic rings. The molecular formula is C38H63N3O6. The van der Waals surface area contributed by atoms with Crippen molar-refractivity contribution in [2.24, 2.45) is 29.4 Å². The highest BCUT2D eigenvalue weighted by Gasteiger charge is 2.43. The maximum Gasteiger partial charge on any atom is 0.226 e. The van der Waals surface area contributed by atoms with E-state index < -0.39 is 23.7 Å². The second kappa shape index (κ2) is 18.8. The second-order valence-electron chi connectivity index (χ2n) is 14.6. The molecule has 7 atom stereocenters. The molecule has 0 bridgehead atoms. The summed E-state index contributed by atoms with van der Waals surface area (Å²) in [7, 11) is 4.97. The van der Waals surface area contributed by atoms with Gasteiger partial charge in [-0.25, -0.2) is 0 Å². The zero-order valence-electron chi connectivity index (χ0n) is 30.8. The number of Topliss-reactive ketones (excluding diaryl/α,β-unsaturated/α-hetero) is 2. The summed E-state index contributed by atoms with van der Waals surface area (Å²) in [6, 6.07) is 9.57. The van der Waals surface area contributed by atoms with Crippen LogP contribution in [0.5, 0.6) is 0 Å². The number of aryl methyl sites for hydroxylation is 1. The molecule has 0 unspecified atom stereocenters. The number of ketones is 2. The maximum atomic E-state index is 14.0. The minimum Gasteiger partial charge on any atom is -0.379 e. The van der Waals surface area contributed by atoms with Gasteiger partial charge in [-0.3, -0.25) is 19.2 Å². The Morgan fingerprint density at radius 3 is 2.19 bits per heavy atom. The van der Waals surface area contributed by atoms with Crippen molar-refractivity contribution in [1.82, 2.24) is 9.80 Å². The van der Waals surface area contributed by atoms with Gasteiger partial charge in [0.05, 0.1) is 36.3 Å². The van der Waals surface area contributed by atoms with Crippen molar-refractivity contribution in [2.75, 3.05) is 27.8 Å². The first-order chi connectivity index (χ1) is 22.1. The van der Waals surface area contributed by atoms with Crippen LogP contribution in [0, 0.1) is 23.7 Å². The molecule has 2 rings (SSSR count). The zero-order valence-corrected chi connectivity index (χ0v) is 30.8. The highest BCUT2D eigenvalue weighted by Crippen LogP contribution is 2.31. The third-order valence-corrected chi connectivity index (χ3v) is 10.3. The fourth-order valence-corrected chi connectivity index (χ4v) is 7.01. The largest absolute Gasteiger partial charge is 0.379 e. The normalized spacial score (nSPS) is 19.1. The summed E-state index contributed by atoms with van der Waals surface area (Å²) < 4.78 is 11.9. The highest BCUT2D eigenvalue weighted by molar-refractivity contribution is 5.92. The molecule has 266 valence electrons. The molecule has 0 aromatic heterocycles. The summed E-state index contributed by atoms with van der Waals surface area (Å²) in [6.45, 7) is 13.8. The van der Waals surface area contributed by atoms with E-state index in [1.54, 1.807) is 40.0 Å². The van der Waals surface area contributed by atoms with Gasteiger partial charge in [0.15, 0.2) is 5.78 Å². The van der Waals surface area contributed by atoms with Gasteiger partial charge in [0.25, 0.3) is 0 Å². The lowest BCUT2D eigenvalue weighted by Crippen LogP contribution is -2.54. The molecular weight excluding hydrogens is 594 g/mol. The van der Waals surface area contributed by atoms with Gasteiger partial charge in [-0.15, -0.1) is 0 Å². The Balaban J connectivity index is 2.19. The van der Waals surface area contributed by atoms with Gasteiger partial charge in [-0.2, -0.15) is 0 Å².